The quantitative estimate of drug-likeness (QED) is 0.706. The van der Waals surface area contributed by atoms with Gasteiger partial charge >= 0.3 is 5.97 Å². The number of nitrogens with one attached hydrogen (secondary N) is 2. The number of amides is 2. The molecule has 0 aromatic heterocycles. The molecule has 2 N–H and O–H groups in total. The maximum absolute atomic E-state index is 12.8. The number of rotatable bonds is 6. The Morgan fingerprint density at radius 2 is 1.76 bits per heavy atom. The molecular formula is C21H22ClN3O4. The van der Waals surface area contributed by atoms with Crippen molar-refractivity contribution < 1.29 is 19.1 Å². The number of esters is 1. The molecule has 0 spiro atoms. The Bertz CT molecular complexity index is 926. The number of likely N-dealkylation sites (tertiary alicyclic amines) is 1. The molecule has 0 radical (unpaired) electrons. The third-order valence-corrected chi connectivity index (χ3v) is 4.89. The molecule has 0 unspecified atom stereocenters. The number of nitrogens with zero attached hydrogens (tertiary/aromatic N) is 1. The zero-order valence-electron chi connectivity index (χ0n) is 16.0. The molecule has 0 atom stereocenters. The van der Waals surface area contributed by atoms with Gasteiger partial charge in [0.25, 0.3) is 5.91 Å². The molecule has 3 rings (SSSR count). The summed E-state index contributed by atoms with van der Waals surface area (Å²) in [6.07, 6.45) is 1.97. The summed E-state index contributed by atoms with van der Waals surface area (Å²) in [5.41, 5.74) is 1.58. The van der Waals surface area contributed by atoms with E-state index in [1.165, 1.54) is 7.11 Å². The number of carbonyl (C=O) groups is 3. The lowest BCUT2D eigenvalue weighted by Gasteiger charge is -2.18. The smallest absolute Gasteiger partial charge is 0.339 e. The van der Waals surface area contributed by atoms with Gasteiger partial charge in [0.05, 0.1) is 30.5 Å². The van der Waals surface area contributed by atoms with Crippen LogP contribution in [0.5, 0.6) is 0 Å². The van der Waals surface area contributed by atoms with Crippen LogP contribution in [0, 0.1) is 0 Å². The molecule has 1 fully saturated rings. The van der Waals surface area contributed by atoms with Gasteiger partial charge in [-0.3, -0.25) is 9.59 Å². The first kappa shape index (κ1) is 20.7. The highest BCUT2D eigenvalue weighted by Gasteiger charge is 2.22. The zero-order chi connectivity index (χ0) is 20.8. The average Bonchev–Trinajstić information content (AvgIpc) is 3.27. The second-order valence-electron chi connectivity index (χ2n) is 6.63. The summed E-state index contributed by atoms with van der Waals surface area (Å²) in [5.74, 6) is -1.01. The second-order valence-corrected chi connectivity index (χ2v) is 7.06. The minimum atomic E-state index is -0.537. The van der Waals surface area contributed by atoms with Gasteiger partial charge in [0.2, 0.25) is 5.91 Å². The molecule has 1 aliphatic rings. The fourth-order valence-electron chi connectivity index (χ4n) is 3.19. The van der Waals surface area contributed by atoms with Gasteiger partial charge in [-0.2, -0.15) is 0 Å². The van der Waals surface area contributed by atoms with Gasteiger partial charge in [-0.15, -0.1) is 0 Å². The Labute approximate surface area is 174 Å². The SMILES string of the molecule is COC(=O)c1ccccc1NC(=O)CNc1ccc(Cl)cc1C(=O)N1CCCC1. The summed E-state index contributed by atoms with van der Waals surface area (Å²) in [7, 11) is 1.28. The van der Waals surface area contributed by atoms with E-state index >= 15 is 0 Å². The Balaban J connectivity index is 1.70. The molecule has 1 heterocycles. The van der Waals surface area contributed by atoms with E-state index in [0.717, 1.165) is 25.9 Å². The number of halogens is 1. The van der Waals surface area contributed by atoms with Crippen molar-refractivity contribution >= 4 is 40.8 Å². The second kappa shape index (κ2) is 9.43. The highest BCUT2D eigenvalue weighted by molar-refractivity contribution is 6.31. The predicted octanol–water partition coefficient (Wildman–Crippen LogP) is 3.41. The summed E-state index contributed by atoms with van der Waals surface area (Å²) in [6, 6.07) is 11.5. The van der Waals surface area contributed by atoms with Crippen LogP contribution in [0.1, 0.15) is 33.6 Å². The lowest BCUT2D eigenvalue weighted by Crippen LogP contribution is -2.29. The monoisotopic (exact) mass is 415 g/mol. The van der Waals surface area contributed by atoms with E-state index < -0.39 is 5.97 Å². The number of methoxy groups -OCH3 is 1. The molecule has 0 bridgehead atoms. The largest absolute Gasteiger partial charge is 0.465 e. The van der Waals surface area contributed by atoms with Crippen molar-refractivity contribution in [3.05, 3.63) is 58.6 Å². The minimum absolute atomic E-state index is 0.0859. The van der Waals surface area contributed by atoms with Crippen LogP contribution in [-0.2, 0) is 9.53 Å². The van der Waals surface area contributed by atoms with Crippen molar-refractivity contribution in [2.75, 3.05) is 37.4 Å². The van der Waals surface area contributed by atoms with Crippen LogP contribution in [0.25, 0.3) is 0 Å². The number of hydrogen-bond acceptors (Lipinski definition) is 5. The summed E-state index contributed by atoms with van der Waals surface area (Å²) < 4.78 is 4.73. The van der Waals surface area contributed by atoms with E-state index in [2.05, 4.69) is 10.6 Å². The number of ether oxygens (including phenoxy) is 1. The van der Waals surface area contributed by atoms with Crippen LogP contribution in [-0.4, -0.2) is 49.4 Å². The first-order valence-corrected chi connectivity index (χ1v) is 9.67. The summed E-state index contributed by atoms with van der Waals surface area (Å²) in [6.45, 7) is 1.35. The first-order valence-electron chi connectivity index (χ1n) is 9.29. The number of para-hydroxylation sites is 1. The molecule has 2 aromatic rings. The number of carbonyl (C=O) groups excluding carboxylic acids is 3. The third kappa shape index (κ3) is 5.06. The Morgan fingerprint density at radius 1 is 1.03 bits per heavy atom. The van der Waals surface area contributed by atoms with Crippen LogP contribution < -0.4 is 10.6 Å². The number of benzene rings is 2. The molecule has 2 aromatic carbocycles. The Morgan fingerprint density at radius 3 is 2.48 bits per heavy atom. The highest BCUT2D eigenvalue weighted by atomic mass is 35.5. The van der Waals surface area contributed by atoms with Gasteiger partial charge < -0.3 is 20.3 Å². The standard InChI is InChI=1S/C21H22ClN3O4/c1-29-21(28)15-6-2-3-7-18(15)24-19(26)13-23-17-9-8-14(22)12-16(17)20(27)25-10-4-5-11-25/h2-3,6-9,12,23H,4-5,10-11,13H2,1H3,(H,24,26). The van der Waals surface area contributed by atoms with E-state index in [9.17, 15) is 14.4 Å². The maximum Gasteiger partial charge on any atom is 0.339 e. The van der Waals surface area contributed by atoms with E-state index in [-0.39, 0.29) is 23.9 Å². The van der Waals surface area contributed by atoms with Crippen molar-refractivity contribution in [2.24, 2.45) is 0 Å². The molecule has 8 heteroatoms. The van der Waals surface area contributed by atoms with Crippen LogP contribution in [0.3, 0.4) is 0 Å². The molecule has 29 heavy (non-hydrogen) atoms. The van der Waals surface area contributed by atoms with E-state index in [0.29, 0.717) is 22.0 Å². The van der Waals surface area contributed by atoms with Crippen LogP contribution in [0.15, 0.2) is 42.5 Å². The van der Waals surface area contributed by atoms with Gasteiger partial charge in [-0.1, -0.05) is 23.7 Å². The van der Waals surface area contributed by atoms with Crippen molar-refractivity contribution in [1.29, 1.82) is 0 Å². The number of anilines is 2. The molecule has 1 aliphatic heterocycles. The van der Waals surface area contributed by atoms with E-state index in [1.807, 2.05) is 0 Å². The van der Waals surface area contributed by atoms with Crippen LogP contribution in [0.2, 0.25) is 5.02 Å². The maximum atomic E-state index is 12.8. The molecule has 152 valence electrons. The third-order valence-electron chi connectivity index (χ3n) is 4.65. The average molecular weight is 416 g/mol. The molecule has 7 nitrogen and oxygen atoms in total. The van der Waals surface area contributed by atoms with Crippen LogP contribution >= 0.6 is 11.6 Å². The summed E-state index contributed by atoms with van der Waals surface area (Å²) in [5, 5.41) is 6.13. The van der Waals surface area contributed by atoms with Gasteiger partial charge in [0.1, 0.15) is 0 Å². The predicted molar refractivity (Wildman–Crippen MR) is 111 cm³/mol. The van der Waals surface area contributed by atoms with Crippen LogP contribution in [0.4, 0.5) is 11.4 Å². The molecule has 1 saturated heterocycles. The molecule has 2 amide bonds. The fraction of sp³-hybridized carbons (Fsp3) is 0.286. The van der Waals surface area contributed by atoms with Crippen molar-refractivity contribution in [3.8, 4) is 0 Å². The van der Waals surface area contributed by atoms with Gasteiger partial charge in [0, 0.05) is 23.8 Å². The van der Waals surface area contributed by atoms with E-state index in [1.54, 1.807) is 47.4 Å². The number of hydrogen-bond donors (Lipinski definition) is 2. The van der Waals surface area contributed by atoms with Gasteiger partial charge in [0.15, 0.2) is 0 Å². The van der Waals surface area contributed by atoms with Crippen molar-refractivity contribution in [2.45, 2.75) is 12.8 Å². The Kier molecular flexibility index (Phi) is 6.72. The first-order chi connectivity index (χ1) is 14.0. The molecule has 0 saturated carbocycles. The summed E-state index contributed by atoms with van der Waals surface area (Å²) >= 11 is 6.08. The summed E-state index contributed by atoms with van der Waals surface area (Å²) in [4.78, 5) is 38.8. The minimum Gasteiger partial charge on any atom is -0.465 e. The fourth-order valence-corrected chi connectivity index (χ4v) is 3.36. The lowest BCUT2D eigenvalue weighted by molar-refractivity contribution is -0.114. The Hall–Kier alpha value is -3.06. The van der Waals surface area contributed by atoms with Crippen molar-refractivity contribution in [1.82, 2.24) is 4.90 Å². The molecular weight excluding hydrogens is 394 g/mol. The highest BCUT2D eigenvalue weighted by Crippen LogP contribution is 2.24. The van der Waals surface area contributed by atoms with Gasteiger partial charge in [-0.25, -0.2) is 4.79 Å². The molecule has 0 aliphatic carbocycles. The van der Waals surface area contributed by atoms with Gasteiger partial charge in [-0.05, 0) is 43.2 Å². The zero-order valence-corrected chi connectivity index (χ0v) is 16.8. The normalized spacial score (nSPS) is 13.1. The topological polar surface area (TPSA) is 87.7 Å². The van der Waals surface area contributed by atoms with E-state index in [4.69, 9.17) is 16.3 Å². The van der Waals surface area contributed by atoms with Crippen molar-refractivity contribution in [3.63, 3.8) is 0 Å². The lowest BCUT2D eigenvalue weighted by atomic mass is 10.1.